The van der Waals surface area contributed by atoms with E-state index in [1.807, 2.05) is 18.2 Å². The lowest BCUT2D eigenvalue weighted by atomic mass is 9.98. The van der Waals surface area contributed by atoms with Crippen molar-refractivity contribution in [1.82, 2.24) is 10.9 Å². The number of hydrogen-bond donors (Lipinski definition) is 2. The average Bonchev–Trinajstić information content (AvgIpc) is 2.60. The second kappa shape index (κ2) is 6.84. The highest BCUT2D eigenvalue weighted by molar-refractivity contribution is 6.31. The summed E-state index contributed by atoms with van der Waals surface area (Å²) in [6.45, 7) is 0.0864. The van der Waals surface area contributed by atoms with E-state index in [9.17, 15) is 13.2 Å². The molecule has 0 radical (unpaired) electrons. The van der Waals surface area contributed by atoms with E-state index in [1.54, 1.807) is 6.07 Å². The fraction of sp³-hybridized carbons (Fsp3) is 0.235. The number of aliphatic imine (C=N–C) groups is 1. The predicted molar refractivity (Wildman–Crippen MR) is 90.1 cm³/mol. The fourth-order valence-corrected chi connectivity index (χ4v) is 2.82. The lowest BCUT2D eigenvalue weighted by Gasteiger charge is -2.24. The van der Waals surface area contributed by atoms with Gasteiger partial charge >= 0.3 is 6.18 Å². The van der Waals surface area contributed by atoms with Crippen LogP contribution in [0.5, 0.6) is 5.75 Å². The highest BCUT2D eigenvalue weighted by Crippen LogP contribution is 2.36. The zero-order valence-corrected chi connectivity index (χ0v) is 14.0. The lowest BCUT2D eigenvalue weighted by Crippen LogP contribution is -2.42. The Hall–Kier alpha value is -2.41. The molecule has 0 saturated carbocycles. The number of halogens is 4. The maximum Gasteiger partial charge on any atom is 0.419 e. The minimum Gasteiger partial charge on any atom is -0.496 e. The van der Waals surface area contributed by atoms with Crippen LogP contribution in [-0.2, 0) is 12.7 Å². The number of methoxy groups -OCH3 is 1. The van der Waals surface area contributed by atoms with Gasteiger partial charge in [-0.3, -0.25) is 15.8 Å². The normalized spacial score (nSPS) is 18.4. The molecule has 1 aromatic carbocycles. The number of alkyl halides is 3. The minimum atomic E-state index is -4.49. The molecular formula is C17H15ClF3N3O. The smallest absolute Gasteiger partial charge is 0.419 e. The van der Waals surface area contributed by atoms with Gasteiger partial charge < -0.3 is 4.74 Å². The number of nitrogens with one attached hydrogen (secondary N) is 2. The molecule has 3 rings (SSSR count). The predicted octanol–water partition coefficient (Wildman–Crippen LogP) is 4.06. The number of fused-ring (bicyclic) bond motifs is 1. The van der Waals surface area contributed by atoms with Crippen LogP contribution in [0.4, 0.5) is 13.2 Å². The SMILES string of the molecule is COc1ccc(CN=C2NNC(Cl)=C3C=CCC=C23)cc1C(F)(F)F. The number of ether oxygens (including phenoxy) is 1. The summed E-state index contributed by atoms with van der Waals surface area (Å²) in [5, 5.41) is 0.449. The molecule has 1 aliphatic heterocycles. The van der Waals surface area contributed by atoms with Gasteiger partial charge in [0.1, 0.15) is 16.7 Å². The van der Waals surface area contributed by atoms with Crippen molar-refractivity contribution in [1.29, 1.82) is 0 Å². The van der Waals surface area contributed by atoms with E-state index in [4.69, 9.17) is 16.3 Å². The second-order valence-electron chi connectivity index (χ2n) is 5.43. The molecule has 0 unspecified atom stereocenters. The Morgan fingerprint density at radius 1 is 1.28 bits per heavy atom. The molecule has 1 aromatic rings. The van der Waals surface area contributed by atoms with Crippen LogP contribution >= 0.6 is 11.6 Å². The molecule has 8 heteroatoms. The standard InChI is InChI=1S/C17H15ClF3N3O/c1-25-14-7-6-10(8-13(14)17(19,20)21)9-22-16-12-5-3-2-4-11(12)15(18)23-24-16/h2,4-8,23H,3,9H2,1H3,(H,22,24). The summed E-state index contributed by atoms with van der Waals surface area (Å²) in [5.74, 6) is 0.326. The molecule has 1 aliphatic carbocycles. The monoisotopic (exact) mass is 369 g/mol. The quantitative estimate of drug-likeness (QED) is 0.790. The van der Waals surface area contributed by atoms with Crippen molar-refractivity contribution in [3.05, 3.63) is 63.9 Å². The van der Waals surface area contributed by atoms with E-state index in [1.165, 1.54) is 13.2 Å². The summed E-state index contributed by atoms with van der Waals surface area (Å²) in [6.07, 6.45) is 2.06. The van der Waals surface area contributed by atoms with Gasteiger partial charge in [0.25, 0.3) is 0 Å². The van der Waals surface area contributed by atoms with Crippen molar-refractivity contribution in [2.24, 2.45) is 4.99 Å². The Bertz CT molecular complexity index is 810. The van der Waals surface area contributed by atoms with Crippen molar-refractivity contribution in [3.63, 3.8) is 0 Å². The zero-order valence-electron chi connectivity index (χ0n) is 13.2. The largest absolute Gasteiger partial charge is 0.496 e. The summed E-state index contributed by atoms with van der Waals surface area (Å²) >= 11 is 6.10. The van der Waals surface area contributed by atoms with Gasteiger partial charge in [-0.2, -0.15) is 13.2 Å². The first-order valence-electron chi connectivity index (χ1n) is 7.48. The Morgan fingerprint density at radius 2 is 2.08 bits per heavy atom. The van der Waals surface area contributed by atoms with E-state index < -0.39 is 11.7 Å². The summed E-state index contributed by atoms with van der Waals surface area (Å²) in [7, 11) is 1.21. The Balaban J connectivity index is 1.87. The molecule has 0 atom stereocenters. The van der Waals surface area contributed by atoms with Crippen LogP contribution < -0.4 is 15.6 Å². The van der Waals surface area contributed by atoms with Crippen LogP contribution in [0.2, 0.25) is 0 Å². The average molecular weight is 370 g/mol. The zero-order chi connectivity index (χ0) is 18.0. The van der Waals surface area contributed by atoms with Crippen LogP contribution in [0.15, 0.2) is 57.7 Å². The first kappa shape index (κ1) is 17.4. The van der Waals surface area contributed by atoms with Crippen LogP contribution in [0, 0.1) is 0 Å². The molecule has 0 spiro atoms. The number of nitrogens with zero attached hydrogens (tertiary/aromatic N) is 1. The number of benzene rings is 1. The van der Waals surface area contributed by atoms with Crippen molar-refractivity contribution in [2.75, 3.05) is 7.11 Å². The van der Waals surface area contributed by atoms with E-state index >= 15 is 0 Å². The topological polar surface area (TPSA) is 45.6 Å². The van der Waals surface area contributed by atoms with Gasteiger partial charge in [0, 0.05) is 11.1 Å². The van der Waals surface area contributed by atoms with Crippen molar-refractivity contribution >= 4 is 17.4 Å². The van der Waals surface area contributed by atoms with Gasteiger partial charge in [-0.15, -0.1) is 0 Å². The van der Waals surface area contributed by atoms with Gasteiger partial charge in [0.05, 0.1) is 19.2 Å². The molecule has 0 amide bonds. The van der Waals surface area contributed by atoms with E-state index in [0.717, 1.165) is 23.6 Å². The molecule has 25 heavy (non-hydrogen) atoms. The highest BCUT2D eigenvalue weighted by atomic mass is 35.5. The highest BCUT2D eigenvalue weighted by Gasteiger charge is 2.34. The molecule has 0 aromatic heterocycles. The summed E-state index contributed by atoms with van der Waals surface area (Å²) < 4.78 is 44.1. The van der Waals surface area contributed by atoms with Crippen LogP contribution in [0.3, 0.4) is 0 Å². The van der Waals surface area contributed by atoms with Gasteiger partial charge in [-0.25, -0.2) is 0 Å². The molecule has 2 aliphatic rings. The number of hydrogen-bond acceptors (Lipinski definition) is 3. The van der Waals surface area contributed by atoms with Crippen LogP contribution in [0.25, 0.3) is 0 Å². The van der Waals surface area contributed by atoms with E-state index in [-0.39, 0.29) is 12.3 Å². The van der Waals surface area contributed by atoms with Crippen molar-refractivity contribution < 1.29 is 17.9 Å². The second-order valence-corrected chi connectivity index (χ2v) is 5.81. The first-order chi connectivity index (χ1) is 11.9. The molecule has 2 N–H and O–H groups in total. The summed E-state index contributed by atoms with van der Waals surface area (Å²) in [5.41, 5.74) is 6.91. The Labute approximate surface area is 147 Å². The molecule has 4 nitrogen and oxygen atoms in total. The van der Waals surface area contributed by atoms with Crippen LogP contribution in [0.1, 0.15) is 17.5 Å². The van der Waals surface area contributed by atoms with E-state index in [0.29, 0.717) is 16.6 Å². The Morgan fingerprint density at radius 3 is 2.80 bits per heavy atom. The summed E-state index contributed by atoms with van der Waals surface area (Å²) in [4.78, 5) is 4.39. The first-order valence-corrected chi connectivity index (χ1v) is 7.85. The van der Waals surface area contributed by atoms with Crippen molar-refractivity contribution in [3.8, 4) is 5.75 Å². The van der Waals surface area contributed by atoms with Crippen LogP contribution in [-0.4, -0.2) is 12.9 Å². The van der Waals surface area contributed by atoms with Gasteiger partial charge in [0.2, 0.25) is 0 Å². The molecular weight excluding hydrogens is 355 g/mol. The summed E-state index contributed by atoms with van der Waals surface area (Å²) in [6, 6.07) is 3.92. The number of rotatable bonds is 3. The number of hydrazine groups is 1. The maximum absolute atomic E-state index is 13.1. The van der Waals surface area contributed by atoms with E-state index in [2.05, 4.69) is 15.8 Å². The van der Waals surface area contributed by atoms with Gasteiger partial charge in [-0.05, 0) is 24.1 Å². The van der Waals surface area contributed by atoms with Gasteiger partial charge in [0.15, 0.2) is 0 Å². The molecule has 0 bridgehead atoms. The third-order valence-electron chi connectivity index (χ3n) is 3.80. The number of amidine groups is 1. The maximum atomic E-state index is 13.1. The number of allylic oxidation sites excluding steroid dienone is 3. The third kappa shape index (κ3) is 3.66. The fourth-order valence-electron chi connectivity index (χ4n) is 2.61. The van der Waals surface area contributed by atoms with Gasteiger partial charge in [-0.1, -0.05) is 35.9 Å². The molecule has 1 heterocycles. The Kier molecular flexibility index (Phi) is 4.76. The third-order valence-corrected chi connectivity index (χ3v) is 4.10. The molecule has 0 fully saturated rings. The molecule has 132 valence electrons. The molecule has 0 saturated heterocycles. The van der Waals surface area contributed by atoms with Crippen molar-refractivity contribution in [2.45, 2.75) is 19.1 Å². The lowest BCUT2D eigenvalue weighted by molar-refractivity contribution is -0.138. The minimum absolute atomic E-state index is 0.0864.